The predicted molar refractivity (Wildman–Crippen MR) is 138 cm³/mol. The maximum absolute atomic E-state index is 13.5. The predicted octanol–water partition coefficient (Wildman–Crippen LogP) is 6.30. The van der Waals surface area contributed by atoms with Crippen molar-refractivity contribution >= 4 is 23.0 Å². The molecule has 4 rings (SSSR count). The Morgan fingerprint density at radius 2 is 1.69 bits per heavy atom. The van der Waals surface area contributed by atoms with Gasteiger partial charge in [0.2, 0.25) is 0 Å². The summed E-state index contributed by atoms with van der Waals surface area (Å²) in [6.45, 7) is 9.25. The van der Waals surface area contributed by atoms with E-state index >= 15 is 0 Å². The van der Waals surface area contributed by atoms with Gasteiger partial charge in [-0.3, -0.25) is 4.79 Å². The van der Waals surface area contributed by atoms with Crippen molar-refractivity contribution < 1.29 is 24.9 Å². The summed E-state index contributed by atoms with van der Waals surface area (Å²) in [6, 6.07) is 7.46. The van der Waals surface area contributed by atoms with E-state index in [-0.39, 0.29) is 34.4 Å². The van der Waals surface area contributed by atoms with E-state index in [1.807, 2.05) is 0 Å². The smallest absolute Gasteiger partial charge is 0.260 e. The molecule has 2 aromatic carbocycles. The van der Waals surface area contributed by atoms with Crippen molar-refractivity contribution in [3.63, 3.8) is 0 Å². The maximum Gasteiger partial charge on any atom is 0.260 e. The number of nitrogens with one attached hydrogen (secondary N) is 1. The van der Waals surface area contributed by atoms with Crippen LogP contribution in [-0.4, -0.2) is 39.5 Å². The molecular weight excluding hydrogens is 444 g/mol. The lowest BCUT2D eigenvalue weighted by Crippen LogP contribution is -2.32. The first-order chi connectivity index (χ1) is 16.6. The number of carbonyl (C=O) groups excluding carboxylic acids is 1. The zero-order chi connectivity index (χ0) is 25.3. The number of aromatic hydroxyl groups is 3. The number of phenols is 3. The van der Waals surface area contributed by atoms with Crippen LogP contribution >= 0.6 is 0 Å². The molecular formula is C28H38N2O5. The van der Waals surface area contributed by atoms with Gasteiger partial charge in [-0.25, -0.2) is 0 Å². The van der Waals surface area contributed by atoms with Crippen LogP contribution in [-0.2, 0) is 4.74 Å². The largest absolute Gasteiger partial charge is 0.508 e. The lowest BCUT2D eigenvalue weighted by Gasteiger charge is -2.25. The second kappa shape index (κ2) is 9.97. The summed E-state index contributed by atoms with van der Waals surface area (Å²) in [7, 11) is 0. The maximum atomic E-state index is 13.5. The van der Waals surface area contributed by atoms with Gasteiger partial charge in [-0.05, 0) is 57.1 Å². The molecule has 0 saturated carbocycles. The first-order valence-electron chi connectivity index (χ1n) is 12.7. The summed E-state index contributed by atoms with van der Waals surface area (Å²) in [6.07, 6.45) is 6.92. The minimum atomic E-state index is -0.279. The molecule has 2 aromatic rings. The number of anilines is 3. The Kier molecular flexibility index (Phi) is 7.17. The zero-order valence-corrected chi connectivity index (χ0v) is 21.2. The van der Waals surface area contributed by atoms with E-state index in [0.29, 0.717) is 41.4 Å². The quantitative estimate of drug-likeness (QED) is 0.180. The highest BCUT2D eigenvalue weighted by molar-refractivity contribution is 6.15. The molecule has 7 nitrogen and oxygen atoms in total. The van der Waals surface area contributed by atoms with Crippen LogP contribution in [0.5, 0.6) is 17.2 Å². The van der Waals surface area contributed by atoms with E-state index in [9.17, 15) is 20.1 Å². The Morgan fingerprint density at radius 1 is 1.00 bits per heavy atom. The molecule has 2 heterocycles. The number of benzene rings is 2. The summed E-state index contributed by atoms with van der Waals surface area (Å²) >= 11 is 0. The van der Waals surface area contributed by atoms with Crippen molar-refractivity contribution in [1.29, 1.82) is 0 Å². The van der Waals surface area contributed by atoms with E-state index < -0.39 is 0 Å². The minimum absolute atomic E-state index is 0.0694. The summed E-state index contributed by atoms with van der Waals surface area (Å²) < 4.78 is 5.69. The fourth-order valence-corrected chi connectivity index (χ4v) is 5.02. The lowest BCUT2D eigenvalue weighted by molar-refractivity contribution is 0.0986. The highest BCUT2D eigenvalue weighted by Gasteiger charge is 2.46. The molecule has 2 aliphatic heterocycles. The van der Waals surface area contributed by atoms with Crippen LogP contribution < -0.4 is 10.2 Å². The molecule has 0 bridgehead atoms. The number of ether oxygens (including phenoxy) is 1. The standard InChI is InChI=1S/C28H38N2O5/c1-17(11-12-24-28(3,4)35-24)7-5-8-18(2)13-14-30-21-15-19(31)16-23(33)26(21)29-25-20(27(30)34)9-6-10-22(25)32/h6,9-10,15-18,24,29,31-33H,5,7-8,11-14H2,1-4H3. The Balaban J connectivity index is 1.37. The molecule has 2 aliphatic rings. The second-order valence-electron chi connectivity index (χ2n) is 10.9. The van der Waals surface area contributed by atoms with Crippen LogP contribution in [0.4, 0.5) is 17.1 Å². The molecule has 35 heavy (non-hydrogen) atoms. The Bertz CT molecular complexity index is 1080. The van der Waals surface area contributed by atoms with Crippen LogP contribution in [0, 0.1) is 11.8 Å². The Labute approximate surface area is 207 Å². The first kappa shape index (κ1) is 25.2. The van der Waals surface area contributed by atoms with Gasteiger partial charge in [0.25, 0.3) is 5.91 Å². The van der Waals surface area contributed by atoms with Crippen molar-refractivity contribution in [3.05, 3.63) is 35.9 Å². The van der Waals surface area contributed by atoms with Gasteiger partial charge in [0.1, 0.15) is 22.9 Å². The van der Waals surface area contributed by atoms with E-state index in [0.717, 1.165) is 25.7 Å². The SMILES string of the molecule is CC(CCCC(C)CCN1C(=O)c2cccc(O)c2Nc2c(O)cc(O)cc21)CCC1OC1(C)C. The number of hydrogen-bond donors (Lipinski definition) is 4. The first-order valence-corrected chi connectivity index (χ1v) is 12.7. The zero-order valence-electron chi connectivity index (χ0n) is 21.2. The lowest BCUT2D eigenvalue weighted by atomic mass is 9.92. The van der Waals surface area contributed by atoms with Crippen molar-refractivity contribution in [2.45, 2.75) is 77.9 Å². The Hall–Kier alpha value is -2.93. The highest BCUT2D eigenvalue weighted by atomic mass is 16.6. The topological polar surface area (TPSA) is 106 Å². The fourth-order valence-electron chi connectivity index (χ4n) is 5.02. The van der Waals surface area contributed by atoms with E-state index in [2.05, 4.69) is 33.0 Å². The highest BCUT2D eigenvalue weighted by Crippen LogP contribution is 2.46. The molecule has 3 atom stereocenters. The molecule has 0 aliphatic carbocycles. The third-order valence-corrected chi connectivity index (χ3v) is 7.47. The van der Waals surface area contributed by atoms with Gasteiger partial charge >= 0.3 is 0 Å². The van der Waals surface area contributed by atoms with Gasteiger partial charge in [-0.2, -0.15) is 0 Å². The molecule has 3 unspecified atom stereocenters. The number of nitrogens with zero attached hydrogens (tertiary/aromatic N) is 1. The van der Waals surface area contributed by atoms with Gasteiger partial charge in [0, 0.05) is 18.7 Å². The van der Waals surface area contributed by atoms with Crippen LogP contribution in [0.1, 0.15) is 76.6 Å². The Morgan fingerprint density at radius 3 is 2.37 bits per heavy atom. The van der Waals surface area contributed by atoms with Crippen molar-refractivity contribution in [2.24, 2.45) is 11.8 Å². The van der Waals surface area contributed by atoms with Crippen molar-refractivity contribution in [1.82, 2.24) is 0 Å². The molecule has 190 valence electrons. The fraction of sp³-hybridized carbons (Fsp3) is 0.536. The van der Waals surface area contributed by atoms with Crippen molar-refractivity contribution in [2.75, 3.05) is 16.8 Å². The van der Waals surface area contributed by atoms with E-state index in [4.69, 9.17) is 4.74 Å². The summed E-state index contributed by atoms with van der Waals surface area (Å²) in [5.74, 6) is 0.417. The van der Waals surface area contributed by atoms with Gasteiger partial charge in [-0.15, -0.1) is 0 Å². The third-order valence-electron chi connectivity index (χ3n) is 7.47. The second-order valence-corrected chi connectivity index (χ2v) is 10.9. The number of carbonyl (C=O) groups is 1. The number of rotatable bonds is 10. The monoisotopic (exact) mass is 482 g/mol. The summed E-state index contributed by atoms with van der Waals surface area (Å²) in [5.41, 5.74) is 1.34. The number of phenolic OH excluding ortho intramolecular Hbond substituents is 3. The van der Waals surface area contributed by atoms with Crippen molar-refractivity contribution in [3.8, 4) is 17.2 Å². The molecule has 1 amide bonds. The summed E-state index contributed by atoms with van der Waals surface area (Å²) in [5, 5.41) is 33.9. The average Bonchev–Trinajstić information content (AvgIpc) is 3.43. The average molecular weight is 483 g/mol. The third kappa shape index (κ3) is 5.67. The van der Waals surface area contributed by atoms with Gasteiger partial charge in [-0.1, -0.05) is 39.2 Å². The van der Waals surface area contributed by atoms with Gasteiger partial charge < -0.3 is 30.3 Å². The molecule has 0 aromatic heterocycles. The number of hydrogen-bond acceptors (Lipinski definition) is 6. The molecule has 7 heteroatoms. The van der Waals surface area contributed by atoms with Gasteiger partial charge in [0.05, 0.1) is 28.6 Å². The normalized spacial score (nSPS) is 19.8. The summed E-state index contributed by atoms with van der Waals surface area (Å²) in [4.78, 5) is 15.1. The number of fused-ring (bicyclic) bond motifs is 2. The van der Waals surface area contributed by atoms with Crippen LogP contribution in [0.25, 0.3) is 0 Å². The molecule has 1 fully saturated rings. The number of amides is 1. The van der Waals surface area contributed by atoms with Crippen LogP contribution in [0.15, 0.2) is 30.3 Å². The van der Waals surface area contributed by atoms with E-state index in [1.165, 1.54) is 31.0 Å². The van der Waals surface area contributed by atoms with Crippen LogP contribution in [0.3, 0.4) is 0 Å². The van der Waals surface area contributed by atoms with Crippen LogP contribution in [0.2, 0.25) is 0 Å². The van der Waals surface area contributed by atoms with E-state index in [1.54, 1.807) is 17.0 Å². The molecule has 0 spiro atoms. The molecule has 1 saturated heterocycles. The molecule has 0 radical (unpaired) electrons. The van der Waals surface area contributed by atoms with Gasteiger partial charge in [0.15, 0.2) is 0 Å². The minimum Gasteiger partial charge on any atom is -0.508 e. The molecule has 4 N–H and O–H groups in total. The number of para-hydroxylation sites is 1. The number of epoxide rings is 1.